The molecule has 0 aliphatic rings. The molecular formula is C15H11NOS. The van der Waals surface area contributed by atoms with Gasteiger partial charge in [-0.3, -0.25) is 4.79 Å². The molecule has 0 amide bonds. The summed E-state index contributed by atoms with van der Waals surface area (Å²) >= 11 is 4.60. The van der Waals surface area contributed by atoms with Gasteiger partial charge in [-0.1, -0.05) is 42.0 Å². The molecule has 0 N–H and O–H groups in total. The van der Waals surface area contributed by atoms with Gasteiger partial charge in [-0.2, -0.15) is 4.99 Å². The number of nitrogens with zero attached hydrogens (tertiary/aromatic N) is 1. The van der Waals surface area contributed by atoms with E-state index in [9.17, 15) is 4.79 Å². The van der Waals surface area contributed by atoms with Gasteiger partial charge in [0.2, 0.25) is 0 Å². The Bertz CT molecular complexity index is 628. The summed E-state index contributed by atoms with van der Waals surface area (Å²) in [5, 5.41) is 2.31. The number of ketones is 1. The van der Waals surface area contributed by atoms with Gasteiger partial charge in [-0.25, -0.2) is 0 Å². The fourth-order valence-electron chi connectivity index (χ4n) is 1.72. The molecule has 0 aromatic heterocycles. The highest BCUT2D eigenvalue weighted by Crippen LogP contribution is 2.23. The molecule has 0 bridgehead atoms. The molecule has 88 valence electrons. The van der Waals surface area contributed by atoms with Crippen molar-refractivity contribution in [2.45, 2.75) is 6.92 Å². The van der Waals surface area contributed by atoms with Crippen LogP contribution in [-0.4, -0.2) is 10.9 Å². The molecule has 2 aromatic rings. The zero-order valence-corrected chi connectivity index (χ0v) is 10.7. The topological polar surface area (TPSA) is 29.4 Å². The lowest BCUT2D eigenvalue weighted by Crippen LogP contribution is -2.01. The van der Waals surface area contributed by atoms with Crippen molar-refractivity contribution in [1.82, 2.24) is 0 Å². The summed E-state index contributed by atoms with van der Waals surface area (Å²) in [4.78, 5) is 16.3. The Labute approximate surface area is 111 Å². The second kappa shape index (κ2) is 5.50. The molecule has 0 aliphatic carbocycles. The smallest absolute Gasteiger partial charge is 0.195 e. The molecule has 18 heavy (non-hydrogen) atoms. The zero-order valence-electron chi connectivity index (χ0n) is 9.88. The number of thiocarbonyl (C=S) groups is 1. The molecule has 0 aliphatic heterocycles. The van der Waals surface area contributed by atoms with Crippen LogP contribution in [0.3, 0.4) is 0 Å². The van der Waals surface area contributed by atoms with Crippen LogP contribution in [0.25, 0.3) is 0 Å². The van der Waals surface area contributed by atoms with Crippen LogP contribution in [0.2, 0.25) is 0 Å². The van der Waals surface area contributed by atoms with E-state index in [-0.39, 0.29) is 5.78 Å². The largest absolute Gasteiger partial charge is 0.289 e. The Balaban J connectivity index is 2.53. The third-order valence-electron chi connectivity index (χ3n) is 2.60. The molecule has 0 heterocycles. The predicted molar refractivity (Wildman–Crippen MR) is 75.7 cm³/mol. The molecule has 2 rings (SSSR count). The highest BCUT2D eigenvalue weighted by molar-refractivity contribution is 7.78. The van der Waals surface area contributed by atoms with E-state index in [1.54, 1.807) is 18.2 Å². The van der Waals surface area contributed by atoms with Gasteiger partial charge in [-0.15, -0.1) is 0 Å². The van der Waals surface area contributed by atoms with Crippen molar-refractivity contribution < 1.29 is 4.79 Å². The number of rotatable bonds is 3. The maximum Gasteiger partial charge on any atom is 0.195 e. The summed E-state index contributed by atoms with van der Waals surface area (Å²) in [6.45, 7) is 1.94. The molecule has 3 heteroatoms. The van der Waals surface area contributed by atoms with E-state index in [1.807, 2.05) is 37.3 Å². The average molecular weight is 253 g/mol. The first-order chi connectivity index (χ1) is 8.72. The standard InChI is InChI=1S/C15H11NOS/c1-11-7-8-14(16-10-18)13(9-11)15(17)12-5-3-2-4-6-12/h2-9H,1H3. The molecule has 0 radical (unpaired) electrons. The number of carbonyl (C=O) groups is 1. The van der Waals surface area contributed by atoms with Crippen LogP contribution in [0.4, 0.5) is 5.69 Å². The first kappa shape index (κ1) is 12.4. The van der Waals surface area contributed by atoms with Gasteiger partial charge in [0.15, 0.2) is 5.78 Å². The van der Waals surface area contributed by atoms with E-state index in [0.29, 0.717) is 16.8 Å². The number of aliphatic imine (C=N–C) groups is 1. The van der Waals surface area contributed by atoms with Gasteiger partial charge in [-0.05, 0) is 31.3 Å². The van der Waals surface area contributed by atoms with E-state index < -0.39 is 0 Å². The fourth-order valence-corrected chi connectivity index (χ4v) is 1.82. The van der Waals surface area contributed by atoms with E-state index in [4.69, 9.17) is 0 Å². The molecule has 0 spiro atoms. The van der Waals surface area contributed by atoms with E-state index in [2.05, 4.69) is 22.4 Å². The Morgan fingerprint density at radius 2 is 1.89 bits per heavy atom. The van der Waals surface area contributed by atoms with Crippen molar-refractivity contribution in [2.24, 2.45) is 4.99 Å². The number of hydrogen-bond acceptors (Lipinski definition) is 3. The highest BCUT2D eigenvalue weighted by Gasteiger charge is 2.13. The molecule has 0 fully saturated rings. The third-order valence-corrected chi connectivity index (χ3v) is 2.69. The van der Waals surface area contributed by atoms with Crippen molar-refractivity contribution in [1.29, 1.82) is 0 Å². The average Bonchev–Trinajstić information content (AvgIpc) is 2.41. The number of benzene rings is 2. The number of isothiocyanates is 1. The second-order valence-corrected chi connectivity index (χ2v) is 4.10. The Kier molecular flexibility index (Phi) is 3.78. The third kappa shape index (κ3) is 2.59. The molecule has 0 atom stereocenters. The summed E-state index contributed by atoms with van der Waals surface area (Å²) in [6.07, 6.45) is 0. The second-order valence-electron chi connectivity index (χ2n) is 3.92. The fraction of sp³-hybridized carbons (Fsp3) is 0.0667. The van der Waals surface area contributed by atoms with Crippen LogP contribution < -0.4 is 0 Å². The minimum atomic E-state index is -0.0525. The van der Waals surface area contributed by atoms with Crippen LogP contribution >= 0.6 is 12.2 Å². The van der Waals surface area contributed by atoms with Crippen molar-refractivity contribution in [3.05, 3.63) is 65.2 Å². The van der Waals surface area contributed by atoms with Gasteiger partial charge in [0, 0.05) is 11.1 Å². The molecule has 0 saturated carbocycles. The summed E-state index contributed by atoms with van der Waals surface area (Å²) in [6, 6.07) is 14.6. The quantitative estimate of drug-likeness (QED) is 0.470. The van der Waals surface area contributed by atoms with Gasteiger partial charge in [0.1, 0.15) is 0 Å². The van der Waals surface area contributed by atoms with Crippen molar-refractivity contribution in [2.75, 3.05) is 0 Å². The van der Waals surface area contributed by atoms with Crippen molar-refractivity contribution >= 4 is 28.8 Å². The van der Waals surface area contributed by atoms with Gasteiger partial charge in [0.05, 0.1) is 10.8 Å². The van der Waals surface area contributed by atoms with Crippen LogP contribution in [0.15, 0.2) is 53.5 Å². The number of aryl methyl sites for hydroxylation is 1. The minimum Gasteiger partial charge on any atom is -0.289 e. The normalized spacial score (nSPS) is 9.61. The van der Waals surface area contributed by atoms with Gasteiger partial charge < -0.3 is 0 Å². The minimum absolute atomic E-state index is 0.0525. The number of carbonyl (C=O) groups excluding carboxylic acids is 1. The molecular weight excluding hydrogens is 242 g/mol. The van der Waals surface area contributed by atoms with Gasteiger partial charge in [0.25, 0.3) is 0 Å². The van der Waals surface area contributed by atoms with Crippen LogP contribution in [0, 0.1) is 6.92 Å². The van der Waals surface area contributed by atoms with Crippen molar-refractivity contribution in [3.8, 4) is 0 Å². The van der Waals surface area contributed by atoms with E-state index >= 15 is 0 Å². The SMILES string of the molecule is Cc1ccc(N=C=S)c(C(=O)c2ccccc2)c1. The summed E-state index contributed by atoms with van der Waals surface area (Å²) < 4.78 is 0. The van der Waals surface area contributed by atoms with Gasteiger partial charge >= 0.3 is 0 Å². The van der Waals surface area contributed by atoms with Crippen molar-refractivity contribution in [3.63, 3.8) is 0 Å². The lowest BCUT2D eigenvalue weighted by atomic mass is 10.00. The monoisotopic (exact) mass is 253 g/mol. The Hall–Kier alpha value is -2.09. The zero-order chi connectivity index (χ0) is 13.0. The molecule has 0 unspecified atom stereocenters. The lowest BCUT2D eigenvalue weighted by molar-refractivity contribution is 0.103. The number of hydrogen-bond donors (Lipinski definition) is 0. The molecule has 2 nitrogen and oxygen atoms in total. The Morgan fingerprint density at radius 3 is 2.56 bits per heavy atom. The molecule has 2 aromatic carbocycles. The summed E-state index contributed by atoms with van der Waals surface area (Å²) in [5.41, 5.74) is 2.77. The first-order valence-corrected chi connectivity index (χ1v) is 5.91. The van der Waals surface area contributed by atoms with Crippen LogP contribution in [0.5, 0.6) is 0 Å². The summed E-state index contributed by atoms with van der Waals surface area (Å²) in [5.74, 6) is -0.0525. The van der Waals surface area contributed by atoms with E-state index in [0.717, 1.165) is 5.56 Å². The Morgan fingerprint density at radius 1 is 1.17 bits per heavy atom. The van der Waals surface area contributed by atoms with Crippen LogP contribution in [0.1, 0.15) is 21.5 Å². The highest BCUT2D eigenvalue weighted by atomic mass is 32.1. The lowest BCUT2D eigenvalue weighted by Gasteiger charge is -2.05. The summed E-state index contributed by atoms with van der Waals surface area (Å²) in [7, 11) is 0. The maximum atomic E-state index is 12.4. The van der Waals surface area contributed by atoms with E-state index in [1.165, 1.54) is 0 Å². The maximum absolute atomic E-state index is 12.4. The molecule has 0 saturated heterocycles. The predicted octanol–water partition coefficient (Wildman–Crippen LogP) is 3.96. The first-order valence-electron chi connectivity index (χ1n) is 5.50. The van der Waals surface area contributed by atoms with Crippen LogP contribution in [-0.2, 0) is 0 Å².